The zero-order valence-electron chi connectivity index (χ0n) is 11.3. The number of hydrogen-bond acceptors (Lipinski definition) is 3. The summed E-state index contributed by atoms with van der Waals surface area (Å²) in [6.45, 7) is 0.338. The van der Waals surface area contributed by atoms with E-state index in [0.717, 1.165) is 5.56 Å². The Bertz CT molecular complexity index is 541. The number of aromatic nitrogens is 2. The van der Waals surface area contributed by atoms with Gasteiger partial charge in [-0.3, -0.25) is 14.7 Å². The van der Waals surface area contributed by atoms with Crippen LogP contribution in [0.4, 0.5) is 19.0 Å². The molecule has 1 aromatic heterocycles. The van der Waals surface area contributed by atoms with Crippen molar-refractivity contribution in [3.05, 3.63) is 11.8 Å². The summed E-state index contributed by atoms with van der Waals surface area (Å²) in [6.07, 6.45) is -2.46. The first kappa shape index (κ1) is 15.3. The number of likely N-dealkylation sites (tertiary alicyclic amines) is 1. The Morgan fingerprint density at radius 1 is 1.57 bits per heavy atom. The molecule has 0 bridgehead atoms. The van der Waals surface area contributed by atoms with E-state index in [9.17, 15) is 22.8 Å². The van der Waals surface area contributed by atoms with E-state index in [1.54, 1.807) is 6.20 Å². The zero-order chi connectivity index (χ0) is 15.6. The number of H-pyrrole nitrogens is 1. The number of nitrogens with one attached hydrogen (secondary N) is 2. The average molecular weight is 304 g/mol. The van der Waals surface area contributed by atoms with E-state index in [1.165, 1.54) is 0 Å². The van der Waals surface area contributed by atoms with E-state index in [1.807, 2.05) is 6.92 Å². The van der Waals surface area contributed by atoms with Crippen molar-refractivity contribution >= 4 is 17.6 Å². The summed E-state index contributed by atoms with van der Waals surface area (Å²) in [5.74, 6) is -1.50. The lowest BCUT2D eigenvalue weighted by Crippen LogP contribution is -2.36. The van der Waals surface area contributed by atoms with Crippen LogP contribution in [0.3, 0.4) is 0 Å². The van der Waals surface area contributed by atoms with Gasteiger partial charge in [0, 0.05) is 18.5 Å². The van der Waals surface area contributed by atoms with Crippen LogP contribution in [-0.2, 0) is 16.0 Å². The highest BCUT2D eigenvalue weighted by Crippen LogP contribution is 2.25. The van der Waals surface area contributed by atoms with E-state index in [-0.39, 0.29) is 13.0 Å². The first-order valence-corrected chi connectivity index (χ1v) is 6.47. The van der Waals surface area contributed by atoms with Crippen molar-refractivity contribution in [2.45, 2.75) is 25.9 Å². The first-order chi connectivity index (χ1) is 9.80. The molecule has 0 aromatic carbocycles. The Labute approximate surface area is 118 Å². The number of carbonyl (C=O) groups excluding carboxylic acids is 2. The molecule has 6 nitrogen and oxygen atoms in total. The maximum Gasteiger partial charge on any atom is 0.406 e. The molecule has 0 aliphatic carbocycles. The van der Waals surface area contributed by atoms with Gasteiger partial charge in [0.1, 0.15) is 12.4 Å². The number of alkyl halides is 3. The van der Waals surface area contributed by atoms with Crippen molar-refractivity contribution < 1.29 is 22.8 Å². The fourth-order valence-electron chi connectivity index (χ4n) is 2.23. The van der Waals surface area contributed by atoms with Gasteiger partial charge in [-0.15, -0.1) is 0 Å². The van der Waals surface area contributed by atoms with Gasteiger partial charge >= 0.3 is 6.18 Å². The van der Waals surface area contributed by atoms with Crippen molar-refractivity contribution in [2.24, 2.45) is 5.92 Å². The SMILES string of the molecule is CCc1cn[nH]c1NC(=O)C1CC(=O)N(CC(F)(F)F)C1. The summed E-state index contributed by atoms with van der Waals surface area (Å²) in [5.41, 5.74) is 0.792. The molecule has 9 heteroatoms. The molecule has 1 unspecified atom stereocenters. The van der Waals surface area contributed by atoms with Crippen LogP contribution in [0.2, 0.25) is 0 Å². The number of aryl methyl sites for hydroxylation is 1. The summed E-state index contributed by atoms with van der Waals surface area (Å²) < 4.78 is 36.9. The third-order valence-electron chi connectivity index (χ3n) is 3.30. The molecule has 116 valence electrons. The van der Waals surface area contributed by atoms with Gasteiger partial charge in [-0.05, 0) is 6.42 Å². The number of rotatable bonds is 4. The second kappa shape index (κ2) is 5.74. The number of nitrogens with zero attached hydrogens (tertiary/aromatic N) is 2. The highest BCUT2D eigenvalue weighted by molar-refractivity contribution is 5.97. The third kappa shape index (κ3) is 3.73. The van der Waals surface area contributed by atoms with Crippen molar-refractivity contribution in [3.8, 4) is 0 Å². The van der Waals surface area contributed by atoms with Gasteiger partial charge in [-0.25, -0.2) is 0 Å². The lowest BCUT2D eigenvalue weighted by Gasteiger charge is -2.18. The Kier molecular flexibility index (Phi) is 4.19. The summed E-state index contributed by atoms with van der Waals surface area (Å²) in [7, 11) is 0. The molecule has 2 heterocycles. The van der Waals surface area contributed by atoms with Crippen LogP contribution in [-0.4, -0.2) is 46.2 Å². The number of halogens is 3. The second-order valence-electron chi connectivity index (χ2n) is 4.90. The van der Waals surface area contributed by atoms with Crippen LogP contribution in [0.25, 0.3) is 0 Å². The van der Waals surface area contributed by atoms with Crippen molar-refractivity contribution in [3.63, 3.8) is 0 Å². The summed E-state index contributed by atoms with van der Waals surface area (Å²) in [6, 6.07) is 0. The quantitative estimate of drug-likeness (QED) is 0.880. The summed E-state index contributed by atoms with van der Waals surface area (Å²) in [4.78, 5) is 24.2. The molecule has 2 rings (SSSR count). The first-order valence-electron chi connectivity index (χ1n) is 6.47. The molecular formula is C12H15F3N4O2. The maximum absolute atomic E-state index is 12.3. The standard InChI is InChI=1S/C12H15F3N4O2/c1-2-7-4-16-18-10(7)17-11(21)8-3-9(20)19(5-8)6-12(13,14)15/h4,8H,2-3,5-6H2,1H3,(H2,16,17,18,21). The lowest BCUT2D eigenvalue weighted by molar-refractivity contribution is -0.157. The van der Waals surface area contributed by atoms with Gasteiger partial charge in [0.2, 0.25) is 11.8 Å². The summed E-state index contributed by atoms with van der Waals surface area (Å²) in [5, 5.41) is 8.97. The van der Waals surface area contributed by atoms with E-state index < -0.39 is 30.5 Å². The third-order valence-corrected chi connectivity index (χ3v) is 3.30. The van der Waals surface area contributed by atoms with Gasteiger partial charge in [-0.2, -0.15) is 18.3 Å². The number of aromatic amines is 1. The molecule has 2 amide bonds. The highest BCUT2D eigenvalue weighted by Gasteiger charge is 2.40. The Hall–Kier alpha value is -2.06. The van der Waals surface area contributed by atoms with Gasteiger partial charge in [0.25, 0.3) is 0 Å². The van der Waals surface area contributed by atoms with Crippen molar-refractivity contribution in [2.75, 3.05) is 18.4 Å². The zero-order valence-corrected chi connectivity index (χ0v) is 11.3. The minimum absolute atomic E-state index is 0.211. The topological polar surface area (TPSA) is 78.1 Å². The number of hydrogen-bond donors (Lipinski definition) is 2. The summed E-state index contributed by atoms with van der Waals surface area (Å²) >= 11 is 0. The lowest BCUT2D eigenvalue weighted by atomic mass is 10.1. The van der Waals surface area contributed by atoms with Gasteiger partial charge in [0.15, 0.2) is 0 Å². The van der Waals surface area contributed by atoms with Crippen LogP contribution in [0.1, 0.15) is 18.9 Å². The molecule has 1 saturated heterocycles. The predicted molar refractivity (Wildman–Crippen MR) is 67.3 cm³/mol. The second-order valence-corrected chi connectivity index (χ2v) is 4.90. The van der Waals surface area contributed by atoms with Crippen molar-refractivity contribution in [1.29, 1.82) is 0 Å². The number of amides is 2. The van der Waals surface area contributed by atoms with Crippen LogP contribution in [0.5, 0.6) is 0 Å². The molecule has 21 heavy (non-hydrogen) atoms. The minimum atomic E-state index is -4.46. The van der Waals surface area contributed by atoms with E-state index in [0.29, 0.717) is 17.1 Å². The monoisotopic (exact) mass is 304 g/mol. The molecule has 0 spiro atoms. The van der Waals surface area contributed by atoms with E-state index >= 15 is 0 Å². The molecule has 1 aromatic rings. The normalized spacial score (nSPS) is 19.1. The Balaban J connectivity index is 1.97. The van der Waals surface area contributed by atoms with Gasteiger partial charge < -0.3 is 10.2 Å². The Morgan fingerprint density at radius 3 is 2.90 bits per heavy atom. The number of anilines is 1. The number of carbonyl (C=O) groups is 2. The fraction of sp³-hybridized carbons (Fsp3) is 0.583. The molecule has 0 radical (unpaired) electrons. The van der Waals surface area contributed by atoms with E-state index in [2.05, 4.69) is 15.5 Å². The van der Waals surface area contributed by atoms with Crippen LogP contribution < -0.4 is 5.32 Å². The molecular weight excluding hydrogens is 289 g/mol. The van der Waals surface area contributed by atoms with Crippen LogP contribution in [0.15, 0.2) is 6.20 Å². The molecule has 1 fully saturated rings. The molecule has 0 saturated carbocycles. The Morgan fingerprint density at radius 2 is 2.29 bits per heavy atom. The van der Waals surface area contributed by atoms with Crippen LogP contribution in [0, 0.1) is 5.92 Å². The highest BCUT2D eigenvalue weighted by atomic mass is 19.4. The average Bonchev–Trinajstić information content (AvgIpc) is 2.95. The van der Waals surface area contributed by atoms with Gasteiger partial charge in [-0.1, -0.05) is 6.92 Å². The fourth-order valence-corrected chi connectivity index (χ4v) is 2.23. The molecule has 1 atom stereocenters. The molecule has 1 aliphatic heterocycles. The molecule has 1 aliphatic rings. The maximum atomic E-state index is 12.3. The van der Waals surface area contributed by atoms with Crippen LogP contribution >= 0.6 is 0 Å². The smallest absolute Gasteiger partial charge is 0.333 e. The van der Waals surface area contributed by atoms with E-state index in [4.69, 9.17) is 0 Å². The largest absolute Gasteiger partial charge is 0.406 e. The van der Waals surface area contributed by atoms with Crippen molar-refractivity contribution in [1.82, 2.24) is 15.1 Å². The van der Waals surface area contributed by atoms with Gasteiger partial charge in [0.05, 0.1) is 12.1 Å². The minimum Gasteiger partial charge on any atom is -0.333 e. The predicted octanol–water partition coefficient (Wildman–Crippen LogP) is 1.32. The molecule has 2 N–H and O–H groups in total.